The van der Waals surface area contributed by atoms with Gasteiger partial charge < -0.3 is 15.0 Å². The van der Waals surface area contributed by atoms with E-state index >= 15 is 0 Å². The number of carbonyl (C=O) groups excluding carboxylic acids is 2. The fourth-order valence-corrected chi connectivity index (χ4v) is 3.99. The summed E-state index contributed by atoms with van der Waals surface area (Å²) in [5, 5.41) is 5.81. The zero-order chi connectivity index (χ0) is 22.4. The predicted molar refractivity (Wildman–Crippen MR) is 130 cm³/mol. The molecule has 0 unspecified atom stereocenters. The Morgan fingerprint density at radius 3 is 2.65 bits per heavy atom. The fraction of sp³-hybridized carbons (Fsp3) is 0.348. The van der Waals surface area contributed by atoms with Gasteiger partial charge in [0, 0.05) is 28.8 Å². The topological polar surface area (TPSA) is 70.7 Å². The van der Waals surface area contributed by atoms with E-state index in [0.29, 0.717) is 35.1 Å². The van der Waals surface area contributed by atoms with Crippen molar-refractivity contribution in [2.24, 2.45) is 5.92 Å². The molecule has 1 aliphatic heterocycles. The number of rotatable bonds is 5. The molecule has 0 spiro atoms. The maximum absolute atomic E-state index is 12.8. The second-order valence-corrected chi connectivity index (χ2v) is 8.86. The van der Waals surface area contributed by atoms with Crippen LogP contribution in [0, 0.1) is 5.92 Å². The van der Waals surface area contributed by atoms with Crippen LogP contribution >= 0.6 is 28.1 Å². The van der Waals surface area contributed by atoms with Crippen LogP contribution in [0.2, 0.25) is 0 Å². The van der Waals surface area contributed by atoms with Crippen molar-refractivity contribution in [1.82, 2.24) is 10.2 Å². The highest BCUT2D eigenvalue weighted by atomic mass is 79.9. The van der Waals surface area contributed by atoms with Crippen molar-refractivity contribution >= 4 is 50.8 Å². The average molecular weight is 504 g/mol. The minimum atomic E-state index is -0.378. The van der Waals surface area contributed by atoms with Gasteiger partial charge >= 0.3 is 0 Å². The van der Waals surface area contributed by atoms with Gasteiger partial charge in [-0.3, -0.25) is 14.9 Å². The molecule has 31 heavy (non-hydrogen) atoms. The lowest BCUT2D eigenvalue weighted by molar-refractivity contribution is 0.0697. The van der Waals surface area contributed by atoms with E-state index in [1.807, 2.05) is 17.9 Å². The van der Waals surface area contributed by atoms with Crippen molar-refractivity contribution in [3.8, 4) is 5.75 Å². The summed E-state index contributed by atoms with van der Waals surface area (Å²) in [6, 6.07) is 12.4. The lowest BCUT2D eigenvalue weighted by atomic mass is 9.98. The molecular weight excluding hydrogens is 478 g/mol. The molecule has 2 aromatic carbocycles. The molecule has 164 valence electrons. The quantitative estimate of drug-likeness (QED) is 0.570. The van der Waals surface area contributed by atoms with E-state index in [9.17, 15) is 9.59 Å². The number of thiocarbonyl (C=S) groups is 1. The number of likely N-dealkylation sites (tertiary alicyclic amines) is 1. The maximum atomic E-state index is 12.8. The van der Waals surface area contributed by atoms with Crippen LogP contribution in [0.1, 0.15) is 47.4 Å². The summed E-state index contributed by atoms with van der Waals surface area (Å²) in [4.78, 5) is 27.4. The Labute approximate surface area is 196 Å². The summed E-state index contributed by atoms with van der Waals surface area (Å²) in [7, 11) is 0. The number of amides is 2. The minimum absolute atomic E-state index is 0.0148. The molecule has 0 bridgehead atoms. The first-order chi connectivity index (χ1) is 14.9. The Balaban J connectivity index is 1.65. The number of halogens is 1. The van der Waals surface area contributed by atoms with Crippen molar-refractivity contribution in [3.63, 3.8) is 0 Å². The molecule has 2 N–H and O–H groups in total. The highest BCUT2D eigenvalue weighted by molar-refractivity contribution is 9.10. The second-order valence-electron chi connectivity index (χ2n) is 7.54. The van der Waals surface area contributed by atoms with Gasteiger partial charge in [0.15, 0.2) is 5.11 Å². The first-order valence-corrected chi connectivity index (χ1v) is 11.5. The molecule has 2 aromatic rings. The standard InChI is InChI=1S/C23H26BrN3O3S/c1-3-30-20-8-7-17(24)14-19(20)21(28)26-23(31)25-18-6-4-5-16(13-18)22(29)27-11-9-15(2)10-12-27/h4-8,13-15H,3,9-12H2,1-2H3,(H2,25,26,28,31). The van der Waals surface area contributed by atoms with Crippen LogP contribution in [0.15, 0.2) is 46.9 Å². The van der Waals surface area contributed by atoms with Gasteiger partial charge in [-0.15, -0.1) is 0 Å². The van der Waals surface area contributed by atoms with Crippen LogP contribution in [0.25, 0.3) is 0 Å². The van der Waals surface area contributed by atoms with Crippen molar-refractivity contribution in [2.45, 2.75) is 26.7 Å². The van der Waals surface area contributed by atoms with Crippen LogP contribution < -0.4 is 15.4 Å². The number of benzene rings is 2. The third-order valence-electron chi connectivity index (χ3n) is 5.15. The van der Waals surface area contributed by atoms with Crippen molar-refractivity contribution in [2.75, 3.05) is 25.0 Å². The molecule has 0 saturated carbocycles. The molecule has 0 aliphatic carbocycles. The Hall–Kier alpha value is -2.45. The third-order valence-corrected chi connectivity index (χ3v) is 5.85. The van der Waals surface area contributed by atoms with Gasteiger partial charge in [-0.25, -0.2) is 0 Å². The minimum Gasteiger partial charge on any atom is -0.493 e. The average Bonchev–Trinajstić information content (AvgIpc) is 2.75. The normalized spacial score (nSPS) is 14.1. The highest BCUT2D eigenvalue weighted by Gasteiger charge is 2.21. The SMILES string of the molecule is CCOc1ccc(Br)cc1C(=O)NC(=S)Nc1cccc(C(=O)N2CCC(C)CC2)c1. The van der Waals surface area contributed by atoms with E-state index in [0.717, 1.165) is 30.4 Å². The summed E-state index contributed by atoms with van der Waals surface area (Å²) in [5.74, 6) is 0.777. The molecule has 1 saturated heterocycles. The Morgan fingerprint density at radius 2 is 1.94 bits per heavy atom. The van der Waals surface area contributed by atoms with Gasteiger partial charge in [-0.2, -0.15) is 0 Å². The number of nitrogens with one attached hydrogen (secondary N) is 2. The molecule has 2 amide bonds. The molecule has 1 aliphatic rings. The van der Waals surface area contributed by atoms with Crippen molar-refractivity contribution in [1.29, 1.82) is 0 Å². The molecule has 3 rings (SSSR count). The smallest absolute Gasteiger partial charge is 0.261 e. The molecule has 1 fully saturated rings. The predicted octanol–water partition coefficient (Wildman–Crippen LogP) is 4.85. The van der Waals surface area contributed by atoms with Gasteiger partial charge in [-0.05, 0) is 74.3 Å². The van der Waals surface area contributed by atoms with E-state index in [2.05, 4.69) is 33.5 Å². The number of nitrogens with zero attached hydrogens (tertiary/aromatic N) is 1. The highest BCUT2D eigenvalue weighted by Crippen LogP contribution is 2.23. The molecule has 1 heterocycles. The van der Waals surface area contributed by atoms with E-state index < -0.39 is 0 Å². The Morgan fingerprint density at radius 1 is 1.19 bits per heavy atom. The van der Waals surface area contributed by atoms with Crippen LogP contribution in [0.5, 0.6) is 5.75 Å². The summed E-state index contributed by atoms with van der Waals surface area (Å²) in [5.41, 5.74) is 1.61. The Kier molecular flexibility index (Phi) is 8.03. The van der Waals surface area contributed by atoms with Gasteiger partial charge in [0.1, 0.15) is 5.75 Å². The maximum Gasteiger partial charge on any atom is 0.261 e. The first kappa shape index (κ1) is 23.2. The van der Waals surface area contributed by atoms with Crippen LogP contribution in [-0.2, 0) is 0 Å². The van der Waals surface area contributed by atoms with Gasteiger partial charge in [0.2, 0.25) is 0 Å². The number of ether oxygens (including phenoxy) is 1. The van der Waals surface area contributed by atoms with Crippen LogP contribution in [-0.4, -0.2) is 41.5 Å². The lowest BCUT2D eigenvalue weighted by Gasteiger charge is -2.30. The molecule has 0 radical (unpaired) electrons. The van der Waals surface area contributed by atoms with Gasteiger partial charge in [-0.1, -0.05) is 28.9 Å². The van der Waals surface area contributed by atoms with E-state index in [1.165, 1.54) is 0 Å². The number of hydrogen-bond donors (Lipinski definition) is 2. The van der Waals surface area contributed by atoms with Gasteiger partial charge in [0.25, 0.3) is 11.8 Å². The number of piperidine rings is 1. The van der Waals surface area contributed by atoms with Crippen molar-refractivity contribution < 1.29 is 14.3 Å². The van der Waals surface area contributed by atoms with Crippen LogP contribution in [0.4, 0.5) is 5.69 Å². The third kappa shape index (κ3) is 6.27. The van der Waals surface area contributed by atoms with Crippen molar-refractivity contribution in [3.05, 3.63) is 58.1 Å². The summed E-state index contributed by atoms with van der Waals surface area (Å²) in [6.07, 6.45) is 2.05. The monoisotopic (exact) mass is 503 g/mol. The number of anilines is 1. The van der Waals surface area contributed by atoms with E-state index in [1.54, 1.807) is 36.4 Å². The number of carbonyl (C=O) groups is 2. The fourth-order valence-electron chi connectivity index (χ4n) is 3.42. The molecule has 0 atom stereocenters. The lowest BCUT2D eigenvalue weighted by Crippen LogP contribution is -2.38. The van der Waals surface area contributed by atoms with Gasteiger partial charge in [0.05, 0.1) is 12.2 Å². The van der Waals surface area contributed by atoms with Crippen LogP contribution in [0.3, 0.4) is 0 Å². The summed E-state index contributed by atoms with van der Waals surface area (Å²) < 4.78 is 6.29. The van der Waals surface area contributed by atoms with E-state index in [-0.39, 0.29) is 16.9 Å². The zero-order valence-electron chi connectivity index (χ0n) is 17.6. The Bertz CT molecular complexity index is 974. The zero-order valence-corrected chi connectivity index (χ0v) is 20.0. The summed E-state index contributed by atoms with van der Waals surface area (Å²) >= 11 is 8.68. The summed E-state index contributed by atoms with van der Waals surface area (Å²) in [6.45, 7) is 6.07. The molecule has 8 heteroatoms. The molecule has 6 nitrogen and oxygen atoms in total. The molecular formula is C23H26BrN3O3S. The largest absolute Gasteiger partial charge is 0.493 e. The van der Waals surface area contributed by atoms with E-state index in [4.69, 9.17) is 17.0 Å². The first-order valence-electron chi connectivity index (χ1n) is 10.3. The molecule has 0 aromatic heterocycles. The number of hydrogen-bond acceptors (Lipinski definition) is 4. The second kappa shape index (κ2) is 10.7.